The molecule has 2 heterocycles. The molecule has 2 aliphatic rings. The molecule has 8 nitrogen and oxygen atoms in total. The Morgan fingerprint density at radius 2 is 1.88 bits per heavy atom. The number of carboxylic acid groups (broad SMARTS) is 1. The maximum Gasteiger partial charge on any atom is 0.308 e. The lowest BCUT2D eigenvalue weighted by molar-refractivity contribution is -0.146. The molecule has 0 bridgehead atoms. The maximum absolute atomic E-state index is 14.3. The minimum absolute atomic E-state index is 0.0407. The third-order valence-corrected chi connectivity index (χ3v) is 8.95. The highest BCUT2D eigenvalue weighted by Crippen LogP contribution is 2.51. The molecule has 0 spiro atoms. The molecule has 4 rings (SSSR count). The van der Waals surface area contributed by atoms with Crippen LogP contribution in [0.3, 0.4) is 0 Å². The summed E-state index contributed by atoms with van der Waals surface area (Å²) < 4.78 is 11.4. The number of para-hydroxylation sites is 1. The van der Waals surface area contributed by atoms with E-state index in [4.69, 9.17) is 21.1 Å². The first-order chi connectivity index (χ1) is 18.9. The molecule has 1 saturated heterocycles. The van der Waals surface area contributed by atoms with E-state index in [1.165, 1.54) is 11.8 Å². The summed E-state index contributed by atoms with van der Waals surface area (Å²) in [6.45, 7) is 7.29. The number of benzene rings is 2. The minimum Gasteiger partial charge on any atom is -0.493 e. The van der Waals surface area contributed by atoms with Crippen molar-refractivity contribution in [2.75, 3.05) is 38.8 Å². The van der Waals surface area contributed by atoms with Gasteiger partial charge in [-0.15, -0.1) is 11.8 Å². The van der Waals surface area contributed by atoms with Crippen molar-refractivity contribution in [3.05, 3.63) is 52.5 Å². The number of nitrogens with zero attached hydrogens (tertiary/aromatic N) is 2. The van der Waals surface area contributed by atoms with Crippen molar-refractivity contribution in [3.8, 4) is 11.5 Å². The van der Waals surface area contributed by atoms with Crippen LogP contribution in [-0.4, -0.2) is 66.9 Å². The van der Waals surface area contributed by atoms with Gasteiger partial charge in [0.25, 0.3) is 0 Å². The lowest BCUT2D eigenvalue weighted by Crippen LogP contribution is -2.46. The van der Waals surface area contributed by atoms with Gasteiger partial charge in [0.1, 0.15) is 0 Å². The first kappa shape index (κ1) is 30.1. The summed E-state index contributed by atoms with van der Waals surface area (Å²) in [5.41, 5.74) is 2.18. The number of amides is 2. The third kappa shape index (κ3) is 6.52. The number of carboxylic acids is 1. The SMILES string of the molecule is COc1cccc([C@@H]2S[C@@H](CC(=O)N3CCCC(C(=O)O)C3)C(=O)N(CC(C)(C)C)c3ccc(Cl)cc32)c1OC. The van der Waals surface area contributed by atoms with Crippen molar-refractivity contribution in [1.29, 1.82) is 0 Å². The Balaban J connectivity index is 1.80. The van der Waals surface area contributed by atoms with Gasteiger partial charge in [0, 0.05) is 42.3 Å². The fourth-order valence-corrected chi connectivity index (χ4v) is 7.05. The van der Waals surface area contributed by atoms with Crippen molar-refractivity contribution >= 4 is 46.8 Å². The largest absolute Gasteiger partial charge is 0.493 e. The molecular formula is C30H37ClN2O6S. The lowest BCUT2D eigenvalue weighted by Gasteiger charge is -2.33. The number of carbonyl (C=O) groups excluding carboxylic acids is 2. The van der Waals surface area contributed by atoms with Crippen LogP contribution in [0, 0.1) is 11.3 Å². The third-order valence-electron chi connectivity index (χ3n) is 7.24. The van der Waals surface area contributed by atoms with E-state index in [2.05, 4.69) is 20.8 Å². The van der Waals surface area contributed by atoms with Crippen LogP contribution in [0.1, 0.15) is 56.4 Å². The number of hydrogen-bond acceptors (Lipinski definition) is 6. The second kappa shape index (κ2) is 12.3. The highest BCUT2D eigenvalue weighted by atomic mass is 35.5. The Labute approximate surface area is 244 Å². The number of methoxy groups -OCH3 is 2. The second-order valence-corrected chi connectivity index (χ2v) is 13.2. The predicted octanol–water partition coefficient (Wildman–Crippen LogP) is 5.65. The van der Waals surface area contributed by atoms with Gasteiger partial charge in [0.2, 0.25) is 11.8 Å². The Morgan fingerprint density at radius 1 is 1.12 bits per heavy atom. The van der Waals surface area contributed by atoms with Crippen LogP contribution in [0.2, 0.25) is 5.02 Å². The molecule has 0 saturated carbocycles. The van der Waals surface area contributed by atoms with Gasteiger partial charge in [0.15, 0.2) is 11.5 Å². The number of piperidine rings is 1. The van der Waals surface area contributed by atoms with Crippen LogP contribution in [0.25, 0.3) is 0 Å². The number of thioether (sulfide) groups is 1. The summed E-state index contributed by atoms with van der Waals surface area (Å²) in [4.78, 5) is 42.8. The molecule has 0 aliphatic carbocycles. The number of anilines is 1. The minimum atomic E-state index is -0.897. The van der Waals surface area contributed by atoms with E-state index in [-0.39, 0.29) is 30.2 Å². The van der Waals surface area contributed by atoms with Gasteiger partial charge < -0.3 is 24.4 Å². The average molecular weight is 589 g/mol. The van der Waals surface area contributed by atoms with Crippen molar-refractivity contribution in [2.24, 2.45) is 11.3 Å². The highest BCUT2D eigenvalue weighted by Gasteiger charge is 2.41. The topological polar surface area (TPSA) is 96.4 Å². The molecule has 40 heavy (non-hydrogen) atoms. The fourth-order valence-electron chi connectivity index (χ4n) is 5.39. The van der Waals surface area contributed by atoms with Gasteiger partial charge in [-0.1, -0.05) is 44.5 Å². The number of aliphatic carboxylic acids is 1. The summed E-state index contributed by atoms with van der Waals surface area (Å²) >= 11 is 7.91. The van der Waals surface area contributed by atoms with Gasteiger partial charge in [-0.05, 0) is 48.1 Å². The Hall–Kier alpha value is -2.91. The van der Waals surface area contributed by atoms with Crippen LogP contribution in [0.15, 0.2) is 36.4 Å². The Bertz CT molecular complexity index is 1280. The molecule has 1 fully saturated rings. The van der Waals surface area contributed by atoms with E-state index >= 15 is 0 Å². The molecule has 3 atom stereocenters. The molecule has 0 aromatic heterocycles. The fraction of sp³-hybridized carbons (Fsp3) is 0.500. The van der Waals surface area contributed by atoms with Crippen LogP contribution >= 0.6 is 23.4 Å². The number of carbonyl (C=O) groups is 3. The number of likely N-dealkylation sites (tertiary alicyclic amines) is 1. The summed E-state index contributed by atoms with van der Waals surface area (Å²) in [5.74, 6) is -0.748. The summed E-state index contributed by atoms with van der Waals surface area (Å²) in [7, 11) is 3.15. The van der Waals surface area contributed by atoms with E-state index in [0.717, 1.165) is 16.8 Å². The van der Waals surface area contributed by atoms with Crippen molar-refractivity contribution < 1.29 is 29.0 Å². The first-order valence-electron chi connectivity index (χ1n) is 13.4. The number of fused-ring (bicyclic) bond motifs is 1. The van der Waals surface area contributed by atoms with Gasteiger partial charge >= 0.3 is 5.97 Å². The molecule has 2 amide bonds. The molecule has 0 radical (unpaired) electrons. The smallest absolute Gasteiger partial charge is 0.308 e. The Morgan fingerprint density at radius 3 is 2.52 bits per heavy atom. The molecule has 216 valence electrons. The monoisotopic (exact) mass is 588 g/mol. The number of hydrogen-bond donors (Lipinski definition) is 1. The number of ether oxygens (including phenoxy) is 2. The highest BCUT2D eigenvalue weighted by molar-refractivity contribution is 8.01. The van der Waals surface area contributed by atoms with Gasteiger partial charge in [-0.25, -0.2) is 0 Å². The van der Waals surface area contributed by atoms with Gasteiger partial charge in [-0.2, -0.15) is 0 Å². The average Bonchev–Trinajstić information content (AvgIpc) is 3.02. The second-order valence-electron chi connectivity index (χ2n) is 11.5. The van der Waals surface area contributed by atoms with Crippen LogP contribution in [-0.2, 0) is 14.4 Å². The quantitative estimate of drug-likeness (QED) is 0.446. The normalized spacial score (nSPS) is 21.4. The van der Waals surface area contributed by atoms with Gasteiger partial charge in [0.05, 0.1) is 30.6 Å². The van der Waals surface area contributed by atoms with E-state index in [1.54, 1.807) is 30.1 Å². The van der Waals surface area contributed by atoms with Crippen LogP contribution < -0.4 is 14.4 Å². The van der Waals surface area contributed by atoms with Crippen molar-refractivity contribution in [2.45, 2.75) is 50.5 Å². The lowest BCUT2D eigenvalue weighted by atomic mass is 9.94. The summed E-state index contributed by atoms with van der Waals surface area (Å²) in [6.07, 6.45) is 1.13. The zero-order valence-corrected chi connectivity index (χ0v) is 25.2. The summed E-state index contributed by atoms with van der Waals surface area (Å²) in [5, 5.41) is 8.95. The van der Waals surface area contributed by atoms with Gasteiger partial charge in [-0.3, -0.25) is 14.4 Å². The van der Waals surface area contributed by atoms with Crippen LogP contribution in [0.4, 0.5) is 5.69 Å². The molecule has 2 aromatic carbocycles. The van der Waals surface area contributed by atoms with E-state index in [9.17, 15) is 19.5 Å². The van der Waals surface area contributed by atoms with Crippen LogP contribution in [0.5, 0.6) is 11.5 Å². The van der Waals surface area contributed by atoms with E-state index in [1.807, 2.05) is 30.3 Å². The first-order valence-corrected chi connectivity index (χ1v) is 14.7. The summed E-state index contributed by atoms with van der Waals surface area (Å²) in [6, 6.07) is 11.2. The van der Waals surface area contributed by atoms with Crippen molar-refractivity contribution in [1.82, 2.24) is 4.90 Å². The van der Waals surface area contributed by atoms with E-state index < -0.39 is 22.4 Å². The standard InChI is InChI=1S/C30H37ClN2O6S/c1-30(2,3)17-33-22-12-11-19(31)14-21(22)27(20-9-6-10-23(38-4)26(20)39-5)40-24(28(33)35)15-25(34)32-13-7-8-18(16-32)29(36)37/h6,9-12,14,18,24,27H,7-8,13,15-17H2,1-5H3,(H,36,37)/t18?,24-,27-/m0/s1. The molecule has 10 heteroatoms. The molecule has 2 aromatic rings. The number of rotatable bonds is 7. The number of halogens is 1. The predicted molar refractivity (Wildman–Crippen MR) is 158 cm³/mol. The maximum atomic E-state index is 14.3. The zero-order chi connectivity index (χ0) is 29.2. The Kier molecular flexibility index (Phi) is 9.25. The zero-order valence-electron chi connectivity index (χ0n) is 23.6. The molecule has 2 aliphatic heterocycles. The molecular weight excluding hydrogens is 552 g/mol. The molecule has 1 N–H and O–H groups in total. The van der Waals surface area contributed by atoms with E-state index in [0.29, 0.717) is 42.5 Å². The van der Waals surface area contributed by atoms with Crippen molar-refractivity contribution in [3.63, 3.8) is 0 Å². The molecule has 1 unspecified atom stereocenters.